The Morgan fingerprint density at radius 3 is 1.61 bits per heavy atom. The SMILES string of the molecule is CCCC/C=C/C/C=C/CCCCCCCC(=O)OC[C@H](CO[C@H]1O[C@H](CS(=O)(=O)O)[C@@H](O)C(O)C1O)OC(=O)CCC/C=C/C/C=C/C/C=C/C/C=C/CCCCC. The first-order chi connectivity index (χ1) is 28.5. The third kappa shape index (κ3) is 30.7. The summed E-state index contributed by atoms with van der Waals surface area (Å²) >= 11 is 0. The molecule has 1 rings (SSSR count). The molecular weight excluding hydrogens is 777 g/mol. The van der Waals surface area contributed by atoms with Crippen molar-refractivity contribution in [2.45, 2.75) is 185 Å². The van der Waals surface area contributed by atoms with Crippen molar-refractivity contribution in [2.75, 3.05) is 19.0 Å². The van der Waals surface area contributed by atoms with Gasteiger partial charge in [-0.15, -0.1) is 0 Å². The highest BCUT2D eigenvalue weighted by atomic mass is 32.2. The van der Waals surface area contributed by atoms with E-state index >= 15 is 0 Å². The minimum Gasteiger partial charge on any atom is -0.462 e. The summed E-state index contributed by atoms with van der Waals surface area (Å²) in [5.41, 5.74) is 0. The molecule has 0 aliphatic carbocycles. The lowest BCUT2D eigenvalue weighted by atomic mass is 10.00. The predicted octanol–water partition coefficient (Wildman–Crippen LogP) is 8.72. The molecule has 6 atom stereocenters. The van der Waals surface area contributed by atoms with E-state index in [0.29, 0.717) is 19.3 Å². The van der Waals surface area contributed by atoms with Crippen molar-refractivity contribution < 1.29 is 56.8 Å². The Morgan fingerprint density at radius 2 is 1.05 bits per heavy atom. The average Bonchev–Trinajstić information content (AvgIpc) is 3.20. The smallest absolute Gasteiger partial charge is 0.306 e. The molecule has 0 aromatic rings. The van der Waals surface area contributed by atoms with Crippen LogP contribution in [0, 0.1) is 0 Å². The van der Waals surface area contributed by atoms with E-state index in [4.69, 9.17) is 18.9 Å². The molecule has 0 amide bonds. The molecule has 2 unspecified atom stereocenters. The molecule has 338 valence electrons. The molecule has 12 nitrogen and oxygen atoms in total. The van der Waals surface area contributed by atoms with Crippen molar-refractivity contribution >= 4 is 22.1 Å². The first kappa shape index (κ1) is 54.1. The molecule has 1 heterocycles. The molecule has 0 aromatic heterocycles. The molecule has 1 aliphatic rings. The number of hydrogen-bond donors (Lipinski definition) is 4. The molecular formula is C46H76O12S. The second-order valence-electron chi connectivity index (χ2n) is 15.0. The highest BCUT2D eigenvalue weighted by Crippen LogP contribution is 2.24. The Labute approximate surface area is 355 Å². The van der Waals surface area contributed by atoms with Gasteiger partial charge in [0.15, 0.2) is 12.4 Å². The molecule has 0 spiro atoms. The number of allylic oxidation sites excluding steroid dienone is 12. The molecule has 0 aromatic carbocycles. The maximum absolute atomic E-state index is 12.8. The van der Waals surface area contributed by atoms with Crippen LogP contribution in [0.5, 0.6) is 0 Å². The Morgan fingerprint density at radius 1 is 0.576 bits per heavy atom. The molecule has 4 N–H and O–H groups in total. The maximum atomic E-state index is 12.8. The Balaban J connectivity index is 2.53. The fourth-order valence-electron chi connectivity index (χ4n) is 6.04. The van der Waals surface area contributed by atoms with E-state index in [-0.39, 0.29) is 19.4 Å². The fourth-order valence-corrected chi connectivity index (χ4v) is 6.73. The number of carbonyl (C=O) groups excluding carboxylic acids is 2. The Bertz CT molecular complexity index is 1370. The van der Waals surface area contributed by atoms with E-state index in [1.807, 2.05) is 12.2 Å². The molecule has 0 radical (unpaired) electrons. The van der Waals surface area contributed by atoms with Gasteiger partial charge in [-0.3, -0.25) is 14.1 Å². The van der Waals surface area contributed by atoms with Gasteiger partial charge < -0.3 is 34.3 Å². The van der Waals surface area contributed by atoms with Gasteiger partial charge in [-0.25, -0.2) is 0 Å². The summed E-state index contributed by atoms with van der Waals surface area (Å²) in [6, 6.07) is 0. The minimum absolute atomic E-state index is 0.0816. The van der Waals surface area contributed by atoms with Gasteiger partial charge >= 0.3 is 11.9 Å². The van der Waals surface area contributed by atoms with Crippen LogP contribution < -0.4 is 0 Å². The second-order valence-corrected chi connectivity index (χ2v) is 16.5. The van der Waals surface area contributed by atoms with E-state index in [0.717, 1.165) is 70.6 Å². The van der Waals surface area contributed by atoms with Gasteiger partial charge in [0.05, 0.1) is 6.61 Å². The molecule has 1 saturated heterocycles. The Kier molecular flexibility index (Phi) is 32.8. The number of esters is 2. The summed E-state index contributed by atoms with van der Waals surface area (Å²) in [6.07, 6.45) is 35.2. The summed E-state index contributed by atoms with van der Waals surface area (Å²) in [7, 11) is -4.61. The lowest BCUT2D eigenvalue weighted by Crippen LogP contribution is -2.60. The first-order valence-corrected chi connectivity index (χ1v) is 23.6. The summed E-state index contributed by atoms with van der Waals surface area (Å²) in [5, 5.41) is 30.8. The average molecular weight is 853 g/mol. The molecule has 1 aliphatic heterocycles. The molecule has 0 saturated carbocycles. The van der Waals surface area contributed by atoms with Crippen molar-refractivity contribution in [3.8, 4) is 0 Å². The van der Waals surface area contributed by atoms with Gasteiger partial charge in [-0.2, -0.15) is 8.42 Å². The van der Waals surface area contributed by atoms with E-state index < -0.39 is 71.2 Å². The highest BCUT2D eigenvalue weighted by molar-refractivity contribution is 7.85. The summed E-state index contributed by atoms with van der Waals surface area (Å²) in [4.78, 5) is 25.3. The summed E-state index contributed by atoms with van der Waals surface area (Å²) < 4.78 is 53.9. The van der Waals surface area contributed by atoms with Crippen LogP contribution in [-0.4, -0.2) is 96.0 Å². The molecule has 13 heteroatoms. The molecule has 1 fully saturated rings. The summed E-state index contributed by atoms with van der Waals surface area (Å²) in [5.74, 6) is -2.09. The van der Waals surface area contributed by atoms with Gasteiger partial charge in [0, 0.05) is 12.8 Å². The molecule has 59 heavy (non-hydrogen) atoms. The highest BCUT2D eigenvalue weighted by Gasteiger charge is 2.46. The quantitative estimate of drug-likeness (QED) is 0.0206. The lowest BCUT2D eigenvalue weighted by Gasteiger charge is -2.40. The van der Waals surface area contributed by atoms with Crippen LogP contribution in [0.3, 0.4) is 0 Å². The second kappa shape index (κ2) is 35.8. The molecule has 0 bridgehead atoms. The van der Waals surface area contributed by atoms with Crippen LogP contribution in [0.4, 0.5) is 0 Å². The van der Waals surface area contributed by atoms with E-state index in [1.54, 1.807) is 0 Å². The third-order valence-electron chi connectivity index (χ3n) is 9.51. The predicted molar refractivity (Wildman–Crippen MR) is 233 cm³/mol. The van der Waals surface area contributed by atoms with Gasteiger partial charge in [0.25, 0.3) is 10.1 Å². The number of hydrogen-bond acceptors (Lipinski definition) is 11. The van der Waals surface area contributed by atoms with Crippen LogP contribution in [0.25, 0.3) is 0 Å². The maximum Gasteiger partial charge on any atom is 0.306 e. The lowest BCUT2D eigenvalue weighted by molar-refractivity contribution is -0.297. The van der Waals surface area contributed by atoms with Gasteiger partial charge in [-0.1, -0.05) is 132 Å². The zero-order valence-electron chi connectivity index (χ0n) is 35.8. The van der Waals surface area contributed by atoms with Crippen LogP contribution in [0.2, 0.25) is 0 Å². The minimum atomic E-state index is -4.61. The van der Waals surface area contributed by atoms with Gasteiger partial charge in [0.1, 0.15) is 36.8 Å². The Hall–Kier alpha value is -2.91. The van der Waals surface area contributed by atoms with Gasteiger partial charge in [0.2, 0.25) is 0 Å². The number of aliphatic hydroxyl groups is 3. The largest absolute Gasteiger partial charge is 0.462 e. The van der Waals surface area contributed by atoms with Crippen molar-refractivity contribution in [3.63, 3.8) is 0 Å². The fraction of sp³-hybridized carbons (Fsp3) is 0.696. The topological polar surface area (TPSA) is 186 Å². The zero-order chi connectivity index (χ0) is 43.4. The number of ether oxygens (including phenoxy) is 4. The number of unbranched alkanes of at least 4 members (excludes halogenated alkanes) is 11. The monoisotopic (exact) mass is 853 g/mol. The van der Waals surface area contributed by atoms with E-state index in [9.17, 15) is 37.9 Å². The number of aliphatic hydroxyl groups excluding tert-OH is 3. The van der Waals surface area contributed by atoms with Crippen LogP contribution in [0.1, 0.15) is 149 Å². The van der Waals surface area contributed by atoms with Crippen molar-refractivity contribution in [3.05, 3.63) is 72.9 Å². The first-order valence-electron chi connectivity index (χ1n) is 22.0. The van der Waals surface area contributed by atoms with Crippen LogP contribution in [0.15, 0.2) is 72.9 Å². The van der Waals surface area contributed by atoms with Crippen LogP contribution in [-0.2, 0) is 38.7 Å². The van der Waals surface area contributed by atoms with Crippen LogP contribution >= 0.6 is 0 Å². The number of carbonyl (C=O) groups is 2. The van der Waals surface area contributed by atoms with Crippen molar-refractivity contribution in [1.29, 1.82) is 0 Å². The standard InChI is InChI=1S/C46H76O12S/c1-3-5-7-9-11-13-15-17-19-20-21-23-25-27-29-31-33-35-42(48)57-39(37-56-46-45(51)44(50)43(49)40(58-46)38-59(52,53)54)36-55-41(47)34-32-30-28-26-24-22-18-16-14-12-10-8-6-4-2/h10-13,16-19,21,23,27,29,39-40,43-46,49-51H,3-9,14-15,20,22,24-26,28,30-38H2,1-2H3,(H,52,53,54)/b12-10+,13-11+,18-16+,19-17+,23-21+,29-27+/t39-,40-,43-,44?,45?,46+/m1/s1. The zero-order valence-corrected chi connectivity index (χ0v) is 36.6. The third-order valence-corrected chi connectivity index (χ3v) is 10.3. The normalized spacial score (nSPS) is 20.9. The van der Waals surface area contributed by atoms with Gasteiger partial charge in [-0.05, 0) is 77.0 Å². The van der Waals surface area contributed by atoms with E-state index in [1.165, 1.54) is 32.1 Å². The van der Waals surface area contributed by atoms with Crippen molar-refractivity contribution in [2.24, 2.45) is 0 Å². The summed E-state index contributed by atoms with van der Waals surface area (Å²) in [6.45, 7) is 3.61. The number of rotatable bonds is 35. The van der Waals surface area contributed by atoms with E-state index in [2.05, 4.69) is 74.6 Å². The van der Waals surface area contributed by atoms with Crippen molar-refractivity contribution in [1.82, 2.24) is 0 Å².